The molecule has 0 atom stereocenters. The van der Waals surface area contributed by atoms with Crippen LogP contribution >= 0.6 is 0 Å². The smallest absolute Gasteiger partial charge is 0.195 e. The summed E-state index contributed by atoms with van der Waals surface area (Å²) < 4.78 is 0. The fourth-order valence-corrected chi connectivity index (χ4v) is 2.71. The van der Waals surface area contributed by atoms with Gasteiger partial charge >= 0.3 is 0 Å². The molecule has 3 aromatic rings. The average molecular weight is 275 g/mol. The van der Waals surface area contributed by atoms with Gasteiger partial charge in [0.2, 0.25) is 0 Å². The van der Waals surface area contributed by atoms with Crippen LogP contribution in [0, 0.1) is 0 Å². The van der Waals surface area contributed by atoms with Crippen molar-refractivity contribution in [2.24, 2.45) is 0 Å². The number of hydrogen-bond donors (Lipinski definition) is 0. The van der Waals surface area contributed by atoms with Crippen molar-refractivity contribution in [1.82, 2.24) is 4.98 Å². The van der Waals surface area contributed by atoms with Gasteiger partial charge in [-0.15, -0.1) is 0 Å². The van der Waals surface area contributed by atoms with E-state index in [1.165, 1.54) is 0 Å². The Morgan fingerprint density at radius 2 is 1.62 bits per heavy atom. The minimum Gasteiger partial charge on any atom is -0.289 e. The van der Waals surface area contributed by atoms with Crippen molar-refractivity contribution < 1.29 is 4.79 Å². The largest absolute Gasteiger partial charge is 0.289 e. The molecular weight excluding hydrogens is 258 g/mol. The van der Waals surface area contributed by atoms with E-state index in [4.69, 9.17) is 0 Å². The summed E-state index contributed by atoms with van der Waals surface area (Å²) in [4.78, 5) is 17.2. The van der Waals surface area contributed by atoms with Crippen LogP contribution in [0.2, 0.25) is 0 Å². The summed E-state index contributed by atoms with van der Waals surface area (Å²) >= 11 is 0. The van der Waals surface area contributed by atoms with Crippen LogP contribution in [-0.2, 0) is 6.42 Å². The Bertz CT molecular complexity index is 821. The van der Waals surface area contributed by atoms with Crippen LogP contribution in [-0.4, -0.2) is 10.8 Å². The molecule has 0 spiro atoms. The van der Waals surface area contributed by atoms with Gasteiger partial charge in [-0.3, -0.25) is 9.78 Å². The lowest BCUT2D eigenvalue weighted by Gasteiger charge is -2.18. The average Bonchev–Trinajstić information content (AvgIpc) is 2.56. The molecule has 0 saturated carbocycles. The van der Waals surface area contributed by atoms with Crippen LogP contribution in [0.25, 0.3) is 10.9 Å². The third kappa shape index (κ3) is 2.23. The van der Waals surface area contributed by atoms with Gasteiger partial charge in [0.25, 0.3) is 0 Å². The van der Waals surface area contributed by atoms with Crippen LogP contribution < -0.4 is 0 Å². The van der Waals surface area contributed by atoms with E-state index in [0.29, 0.717) is 0 Å². The number of benzene rings is 2. The summed E-state index contributed by atoms with van der Waals surface area (Å²) in [5.74, 6) is 0.0927. The molecule has 0 fully saturated rings. The van der Waals surface area contributed by atoms with Gasteiger partial charge in [-0.1, -0.05) is 56.3 Å². The number of carbonyl (C=O) groups is 1. The zero-order chi connectivity index (χ0) is 14.8. The lowest BCUT2D eigenvalue weighted by atomic mass is 9.87. The highest BCUT2D eigenvalue weighted by atomic mass is 16.1. The van der Waals surface area contributed by atoms with Crippen LogP contribution in [0.4, 0.5) is 0 Å². The maximum absolute atomic E-state index is 12.5. The van der Waals surface area contributed by atoms with E-state index in [2.05, 4.69) is 4.98 Å². The van der Waals surface area contributed by atoms with Crippen molar-refractivity contribution in [3.8, 4) is 0 Å². The second-order valence-electron chi connectivity index (χ2n) is 4.84. The summed E-state index contributed by atoms with van der Waals surface area (Å²) in [5, 5.41) is 1.02. The van der Waals surface area contributed by atoms with Gasteiger partial charge in [0.1, 0.15) is 0 Å². The number of hydrogen-bond acceptors (Lipinski definition) is 2. The van der Waals surface area contributed by atoms with E-state index in [1.807, 2.05) is 68.4 Å². The summed E-state index contributed by atoms with van der Waals surface area (Å²) in [7, 11) is 0. The second-order valence-corrected chi connectivity index (χ2v) is 4.84. The first-order chi connectivity index (χ1) is 10.3. The van der Waals surface area contributed by atoms with Crippen LogP contribution in [0.1, 0.15) is 41.0 Å². The summed E-state index contributed by atoms with van der Waals surface area (Å²) in [5.41, 5.74) is 4.48. The molecule has 2 aromatic carbocycles. The topological polar surface area (TPSA) is 30.0 Å². The van der Waals surface area contributed by atoms with Crippen molar-refractivity contribution in [2.45, 2.75) is 20.3 Å². The third-order valence-corrected chi connectivity index (χ3v) is 3.67. The number of ketones is 1. The van der Waals surface area contributed by atoms with Crippen molar-refractivity contribution in [1.29, 1.82) is 0 Å². The van der Waals surface area contributed by atoms with Gasteiger partial charge in [0.05, 0.1) is 11.2 Å². The van der Waals surface area contributed by atoms with Crippen LogP contribution in [0.5, 0.6) is 0 Å². The Morgan fingerprint density at radius 1 is 0.905 bits per heavy atom. The number of para-hydroxylation sites is 1. The van der Waals surface area contributed by atoms with Gasteiger partial charge in [-0.05, 0) is 17.7 Å². The lowest BCUT2D eigenvalue weighted by molar-refractivity contribution is 0.103. The Labute approximate surface area is 124 Å². The first kappa shape index (κ1) is 13.5. The molecule has 1 aliphatic rings. The van der Waals surface area contributed by atoms with Crippen molar-refractivity contribution in [2.75, 3.05) is 0 Å². The maximum Gasteiger partial charge on any atom is 0.195 e. The molecule has 0 N–H and O–H groups in total. The van der Waals surface area contributed by atoms with Crippen LogP contribution in [0.3, 0.4) is 0 Å². The molecule has 1 heterocycles. The first-order valence-corrected chi connectivity index (χ1v) is 7.34. The minimum atomic E-state index is 0.0927. The monoisotopic (exact) mass is 275 g/mol. The zero-order valence-corrected chi connectivity index (χ0v) is 12.3. The molecule has 2 heteroatoms. The molecule has 0 amide bonds. The Morgan fingerprint density at radius 3 is 2.48 bits per heavy atom. The summed E-state index contributed by atoms with van der Waals surface area (Å²) in [6.07, 6.45) is 0.738. The number of carbonyl (C=O) groups excluding carboxylic acids is 1. The highest BCUT2D eigenvalue weighted by Gasteiger charge is 2.24. The van der Waals surface area contributed by atoms with E-state index in [9.17, 15) is 4.79 Å². The molecular formula is C19H17NO. The Kier molecular flexibility index (Phi) is 3.53. The molecule has 2 nitrogen and oxygen atoms in total. The molecule has 0 radical (unpaired) electrons. The molecule has 0 aliphatic heterocycles. The van der Waals surface area contributed by atoms with E-state index < -0.39 is 0 Å². The van der Waals surface area contributed by atoms with Gasteiger partial charge < -0.3 is 0 Å². The number of pyridine rings is 1. The molecule has 21 heavy (non-hydrogen) atoms. The lowest BCUT2D eigenvalue weighted by Crippen LogP contribution is -2.16. The van der Waals surface area contributed by atoms with E-state index >= 15 is 0 Å². The normalized spacial score (nSPS) is 12.2. The number of nitrogens with zero attached hydrogens (tertiary/aromatic N) is 1. The molecule has 104 valence electrons. The molecule has 1 aromatic heterocycles. The number of rotatable bonds is 0. The van der Waals surface area contributed by atoms with Crippen molar-refractivity contribution in [3.05, 3.63) is 77.0 Å². The van der Waals surface area contributed by atoms with Gasteiger partial charge in [0, 0.05) is 22.9 Å². The molecule has 0 bridgehead atoms. The second kappa shape index (κ2) is 5.49. The fourth-order valence-electron chi connectivity index (χ4n) is 2.71. The SMILES string of the molecule is CC.O=C1c2ccccc2Cc2nc3ccccc3cc21. The molecule has 0 saturated heterocycles. The first-order valence-electron chi connectivity index (χ1n) is 7.34. The van der Waals surface area contributed by atoms with E-state index in [-0.39, 0.29) is 5.78 Å². The van der Waals surface area contributed by atoms with Gasteiger partial charge in [-0.25, -0.2) is 0 Å². The summed E-state index contributed by atoms with van der Waals surface area (Å²) in [6, 6.07) is 17.7. The van der Waals surface area contributed by atoms with E-state index in [1.54, 1.807) is 0 Å². The molecule has 0 unspecified atom stereocenters. The van der Waals surface area contributed by atoms with E-state index in [0.717, 1.165) is 39.7 Å². The maximum atomic E-state index is 12.5. The highest BCUT2D eigenvalue weighted by molar-refractivity contribution is 6.13. The van der Waals surface area contributed by atoms with Crippen molar-refractivity contribution in [3.63, 3.8) is 0 Å². The standard InChI is InChI=1S/C17H11NO.C2H6/c19-17-13-7-3-1-5-11(13)10-16-14(17)9-12-6-2-4-8-15(12)18-16;1-2/h1-9H,10H2;1-2H3. The van der Waals surface area contributed by atoms with Gasteiger partial charge in [-0.2, -0.15) is 0 Å². The molecule has 4 rings (SSSR count). The van der Waals surface area contributed by atoms with Crippen LogP contribution in [0.15, 0.2) is 54.6 Å². The predicted molar refractivity (Wildman–Crippen MR) is 85.8 cm³/mol. The highest BCUT2D eigenvalue weighted by Crippen LogP contribution is 2.28. The number of aromatic nitrogens is 1. The zero-order valence-electron chi connectivity index (χ0n) is 12.3. The molecule has 1 aliphatic carbocycles. The quantitative estimate of drug-likeness (QED) is 0.476. The fraction of sp³-hybridized carbons (Fsp3) is 0.158. The number of fused-ring (bicyclic) bond motifs is 3. The third-order valence-electron chi connectivity index (χ3n) is 3.67. The van der Waals surface area contributed by atoms with Crippen molar-refractivity contribution >= 4 is 16.7 Å². The Balaban J connectivity index is 0.000000636. The minimum absolute atomic E-state index is 0.0927. The van der Waals surface area contributed by atoms with Gasteiger partial charge in [0.15, 0.2) is 5.78 Å². The predicted octanol–water partition coefficient (Wildman–Crippen LogP) is 4.40. The summed E-state index contributed by atoms with van der Waals surface area (Å²) in [6.45, 7) is 4.00. The Hall–Kier alpha value is -2.48.